The van der Waals surface area contributed by atoms with Crippen LogP contribution in [0.5, 0.6) is 5.75 Å². The Morgan fingerprint density at radius 1 is 1.24 bits per heavy atom. The van der Waals surface area contributed by atoms with Gasteiger partial charge in [-0.3, -0.25) is 4.79 Å². The first-order valence-corrected chi connectivity index (χ1v) is 8.44. The molecule has 1 aliphatic rings. The van der Waals surface area contributed by atoms with Gasteiger partial charge in [0.05, 0.1) is 25.8 Å². The summed E-state index contributed by atoms with van der Waals surface area (Å²) in [5, 5.41) is 9.33. The van der Waals surface area contributed by atoms with Crippen molar-refractivity contribution in [3.63, 3.8) is 0 Å². The molecule has 1 aliphatic heterocycles. The number of aliphatic carboxylic acids is 1. The summed E-state index contributed by atoms with van der Waals surface area (Å²) in [6.07, 6.45) is 1.42. The summed E-state index contributed by atoms with van der Waals surface area (Å²) in [5.74, 6) is -0.584. The predicted octanol–water partition coefficient (Wildman–Crippen LogP) is 3.86. The fourth-order valence-corrected chi connectivity index (χ4v) is 3.08. The molecule has 1 N–H and O–H groups in total. The number of carbonyl (C=O) groups excluding carboxylic acids is 1. The summed E-state index contributed by atoms with van der Waals surface area (Å²) in [5.41, 5.74) is 2.41. The van der Waals surface area contributed by atoms with Gasteiger partial charge < -0.3 is 14.7 Å². The molecule has 0 spiro atoms. The normalized spacial score (nSPS) is 13.8. The number of hydrogen-bond acceptors (Lipinski definition) is 3. The van der Waals surface area contributed by atoms with E-state index in [9.17, 15) is 14.7 Å². The second-order valence-electron chi connectivity index (χ2n) is 5.68. The molecule has 128 valence electrons. The Balaban J connectivity index is 2.00. The van der Waals surface area contributed by atoms with Crippen LogP contribution in [0.4, 0.5) is 5.69 Å². The average Bonchev–Trinajstić information content (AvgIpc) is 2.73. The van der Waals surface area contributed by atoms with Gasteiger partial charge in [0.25, 0.3) is 0 Å². The van der Waals surface area contributed by atoms with Crippen molar-refractivity contribution in [2.24, 2.45) is 0 Å². The zero-order valence-electron chi connectivity index (χ0n) is 13.5. The molecule has 2 aromatic carbocycles. The molecule has 6 heteroatoms. The minimum Gasteiger partial charge on any atom is -0.497 e. The summed E-state index contributed by atoms with van der Waals surface area (Å²) in [6, 6.07) is 12.9. The molecule has 2 aromatic rings. The Labute approximate surface area is 153 Å². The molecule has 0 atom stereocenters. The van der Waals surface area contributed by atoms with Crippen LogP contribution in [0.15, 0.2) is 52.5 Å². The molecule has 0 saturated heterocycles. The second-order valence-corrected chi connectivity index (χ2v) is 6.60. The molecule has 0 unspecified atom stereocenters. The number of benzene rings is 2. The fourth-order valence-electron chi connectivity index (χ4n) is 2.73. The molecular formula is C19H16BrNO4. The minimum atomic E-state index is -1.08. The van der Waals surface area contributed by atoms with Gasteiger partial charge in [-0.25, -0.2) is 4.79 Å². The van der Waals surface area contributed by atoms with Crippen LogP contribution in [0.1, 0.15) is 17.5 Å². The lowest BCUT2D eigenvalue weighted by atomic mass is 10.1. The standard InChI is InChI=1S/C19H16BrNO4/c1-25-16-6-2-12(3-7-16)11-21-17-10-15(20)5-4-13(17)8-14(19(23)24)9-18(21)22/h2-8,10H,9,11H2,1H3,(H,23,24). The summed E-state index contributed by atoms with van der Waals surface area (Å²) in [6.45, 7) is 0.354. The van der Waals surface area contributed by atoms with Crippen molar-refractivity contribution in [3.05, 3.63) is 63.6 Å². The number of amides is 1. The van der Waals surface area contributed by atoms with Crippen LogP contribution in [0.3, 0.4) is 0 Å². The zero-order chi connectivity index (χ0) is 18.0. The first-order valence-electron chi connectivity index (χ1n) is 7.64. The molecule has 1 heterocycles. The third kappa shape index (κ3) is 3.74. The van der Waals surface area contributed by atoms with Gasteiger partial charge >= 0.3 is 5.97 Å². The maximum atomic E-state index is 12.7. The van der Waals surface area contributed by atoms with E-state index in [1.165, 1.54) is 0 Å². The van der Waals surface area contributed by atoms with E-state index in [2.05, 4.69) is 15.9 Å². The number of hydrogen-bond donors (Lipinski definition) is 1. The van der Waals surface area contributed by atoms with Gasteiger partial charge in [-0.05, 0) is 41.5 Å². The summed E-state index contributed by atoms with van der Waals surface area (Å²) < 4.78 is 5.98. The highest BCUT2D eigenvalue weighted by molar-refractivity contribution is 9.10. The monoisotopic (exact) mass is 401 g/mol. The fraction of sp³-hybridized carbons (Fsp3) is 0.158. The third-order valence-corrected chi connectivity index (χ3v) is 4.52. The maximum absolute atomic E-state index is 12.7. The third-order valence-electron chi connectivity index (χ3n) is 4.03. The van der Waals surface area contributed by atoms with Crippen LogP contribution in [0, 0.1) is 0 Å². The first-order chi connectivity index (χ1) is 12.0. The Bertz CT molecular complexity index is 858. The van der Waals surface area contributed by atoms with E-state index in [-0.39, 0.29) is 17.9 Å². The summed E-state index contributed by atoms with van der Waals surface area (Å²) in [4.78, 5) is 25.7. The molecule has 3 rings (SSSR count). The van der Waals surface area contributed by atoms with Crippen LogP contribution in [-0.4, -0.2) is 24.1 Å². The van der Waals surface area contributed by atoms with Crippen molar-refractivity contribution >= 4 is 39.6 Å². The maximum Gasteiger partial charge on any atom is 0.332 e. The minimum absolute atomic E-state index is 0.0887. The molecular weight excluding hydrogens is 386 g/mol. The highest BCUT2D eigenvalue weighted by Crippen LogP contribution is 2.32. The van der Waals surface area contributed by atoms with E-state index in [1.807, 2.05) is 42.5 Å². The van der Waals surface area contributed by atoms with E-state index in [0.717, 1.165) is 15.8 Å². The van der Waals surface area contributed by atoms with Gasteiger partial charge in [-0.1, -0.05) is 34.1 Å². The molecule has 0 fully saturated rings. The molecule has 0 radical (unpaired) electrons. The molecule has 0 aliphatic carbocycles. The second kappa shape index (κ2) is 7.11. The molecule has 0 saturated carbocycles. The van der Waals surface area contributed by atoms with Crippen molar-refractivity contribution in [3.8, 4) is 5.75 Å². The Hall–Kier alpha value is -2.60. The molecule has 5 nitrogen and oxygen atoms in total. The average molecular weight is 402 g/mol. The number of anilines is 1. The lowest BCUT2D eigenvalue weighted by Crippen LogP contribution is -2.30. The number of carboxylic acid groups (broad SMARTS) is 1. The van der Waals surface area contributed by atoms with Crippen LogP contribution < -0.4 is 9.64 Å². The topological polar surface area (TPSA) is 66.8 Å². The van der Waals surface area contributed by atoms with Gasteiger partial charge in [0, 0.05) is 10.0 Å². The van der Waals surface area contributed by atoms with Gasteiger partial charge in [-0.2, -0.15) is 0 Å². The van der Waals surface area contributed by atoms with Crippen molar-refractivity contribution in [2.45, 2.75) is 13.0 Å². The quantitative estimate of drug-likeness (QED) is 0.844. The van der Waals surface area contributed by atoms with Gasteiger partial charge in [0.15, 0.2) is 0 Å². The highest BCUT2D eigenvalue weighted by atomic mass is 79.9. The van der Waals surface area contributed by atoms with Gasteiger partial charge in [-0.15, -0.1) is 0 Å². The lowest BCUT2D eigenvalue weighted by molar-refractivity contribution is -0.133. The number of carboxylic acids is 1. The Morgan fingerprint density at radius 2 is 1.96 bits per heavy atom. The van der Waals surface area contributed by atoms with Gasteiger partial charge in [0.1, 0.15) is 5.75 Å². The van der Waals surface area contributed by atoms with Crippen LogP contribution in [0.25, 0.3) is 6.08 Å². The van der Waals surface area contributed by atoms with E-state index in [0.29, 0.717) is 17.8 Å². The van der Waals surface area contributed by atoms with Crippen LogP contribution >= 0.6 is 15.9 Å². The first kappa shape index (κ1) is 17.2. The zero-order valence-corrected chi connectivity index (χ0v) is 15.1. The SMILES string of the molecule is COc1ccc(CN2C(=O)CC(C(=O)O)=Cc3ccc(Br)cc32)cc1. The number of ether oxygens (including phenoxy) is 1. The number of fused-ring (bicyclic) bond motifs is 1. The van der Waals surface area contributed by atoms with Crippen molar-refractivity contribution in [1.82, 2.24) is 0 Å². The number of carbonyl (C=O) groups is 2. The van der Waals surface area contributed by atoms with Crippen molar-refractivity contribution < 1.29 is 19.4 Å². The van der Waals surface area contributed by atoms with E-state index < -0.39 is 5.97 Å². The van der Waals surface area contributed by atoms with Crippen LogP contribution in [-0.2, 0) is 16.1 Å². The summed E-state index contributed by atoms with van der Waals surface area (Å²) >= 11 is 3.42. The van der Waals surface area contributed by atoms with E-state index in [4.69, 9.17) is 4.74 Å². The lowest BCUT2D eigenvalue weighted by Gasteiger charge is -2.23. The summed E-state index contributed by atoms with van der Waals surface area (Å²) in [7, 11) is 1.60. The molecule has 1 amide bonds. The largest absolute Gasteiger partial charge is 0.497 e. The molecule has 0 aromatic heterocycles. The predicted molar refractivity (Wildman–Crippen MR) is 98.6 cm³/mol. The van der Waals surface area contributed by atoms with Crippen molar-refractivity contribution in [2.75, 3.05) is 12.0 Å². The van der Waals surface area contributed by atoms with Gasteiger partial charge in [0.2, 0.25) is 5.91 Å². The Morgan fingerprint density at radius 3 is 2.60 bits per heavy atom. The van der Waals surface area contributed by atoms with Crippen LogP contribution in [0.2, 0.25) is 0 Å². The molecule has 25 heavy (non-hydrogen) atoms. The number of rotatable bonds is 4. The van der Waals surface area contributed by atoms with Crippen molar-refractivity contribution in [1.29, 1.82) is 0 Å². The Kier molecular flexibility index (Phi) is 4.90. The smallest absolute Gasteiger partial charge is 0.332 e. The number of nitrogens with zero attached hydrogens (tertiary/aromatic N) is 1. The van der Waals surface area contributed by atoms with E-state index in [1.54, 1.807) is 18.1 Å². The van der Waals surface area contributed by atoms with E-state index >= 15 is 0 Å². The number of halogens is 1. The number of methoxy groups -OCH3 is 1. The molecule has 0 bridgehead atoms. The highest BCUT2D eigenvalue weighted by Gasteiger charge is 2.26.